The summed E-state index contributed by atoms with van der Waals surface area (Å²) < 4.78 is 0. The highest BCUT2D eigenvalue weighted by atomic mass is 32.2. The summed E-state index contributed by atoms with van der Waals surface area (Å²) in [7, 11) is 0. The Kier molecular flexibility index (Phi) is 2.58. The molecule has 0 aliphatic carbocycles. The highest BCUT2D eigenvalue weighted by Crippen LogP contribution is 2.41. The summed E-state index contributed by atoms with van der Waals surface area (Å²) in [6.45, 7) is 4.20. The van der Waals surface area contributed by atoms with E-state index in [0.717, 1.165) is 17.1 Å². The van der Waals surface area contributed by atoms with E-state index in [0.29, 0.717) is 5.92 Å². The van der Waals surface area contributed by atoms with Crippen LogP contribution < -0.4 is 0 Å². The van der Waals surface area contributed by atoms with Crippen LogP contribution in [0.2, 0.25) is 0 Å². The minimum atomic E-state index is -0.601. The van der Waals surface area contributed by atoms with Crippen LogP contribution in [0.5, 0.6) is 0 Å². The summed E-state index contributed by atoms with van der Waals surface area (Å²) in [5.74, 6) is 2.25. The zero-order chi connectivity index (χ0) is 10.2. The molecule has 2 rings (SSSR count). The maximum absolute atomic E-state index is 10.5. The van der Waals surface area contributed by atoms with Gasteiger partial charge in [0.15, 0.2) is 0 Å². The molecule has 1 aromatic carbocycles. The molecule has 14 heavy (non-hydrogen) atoms. The number of aliphatic hydroxyl groups is 1. The standard InChI is InChI=1S/C12H16OS/c1-9-4-3-5-11(6-9)12(13)8-14-7-10(12)2/h3-6,10,13H,7-8H2,1-2H3/t10-,12+/m0/s1. The summed E-state index contributed by atoms with van der Waals surface area (Å²) in [5, 5.41) is 10.5. The second-order valence-corrected chi connectivity index (χ2v) is 5.24. The maximum atomic E-state index is 10.5. The topological polar surface area (TPSA) is 20.2 Å². The molecule has 1 N–H and O–H groups in total. The maximum Gasteiger partial charge on any atom is 0.102 e. The van der Waals surface area contributed by atoms with Crippen LogP contribution in [-0.4, -0.2) is 16.6 Å². The fourth-order valence-corrected chi connectivity index (χ4v) is 3.46. The van der Waals surface area contributed by atoms with E-state index >= 15 is 0 Å². The quantitative estimate of drug-likeness (QED) is 0.765. The molecule has 0 radical (unpaired) electrons. The third-order valence-electron chi connectivity index (χ3n) is 3.02. The highest BCUT2D eigenvalue weighted by Gasteiger charge is 2.40. The van der Waals surface area contributed by atoms with E-state index in [4.69, 9.17) is 0 Å². The molecule has 0 amide bonds. The van der Waals surface area contributed by atoms with Gasteiger partial charge in [0, 0.05) is 5.75 Å². The van der Waals surface area contributed by atoms with Gasteiger partial charge in [-0.3, -0.25) is 0 Å². The lowest BCUT2D eigenvalue weighted by atomic mass is 9.85. The van der Waals surface area contributed by atoms with Crippen molar-refractivity contribution in [1.29, 1.82) is 0 Å². The summed E-state index contributed by atoms with van der Waals surface area (Å²) in [6.07, 6.45) is 0. The lowest BCUT2D eigenvalue weighted by molar-refractivity contribution is 0.0234. The van der Waals surface area contributed by atoms with Crippen molar-refractivity contribution in [1.82, 2.24) is 0 Å². The van der Waals surface area contributed by atoms with Gasteiger partial charge in [-0.05, 0) is 24.2 Å². The first-order chi connectivity index (χ1) is 6.63. The summed E-state index contributed by atoms with van der Waals surface area (Å²) in [4.78, 5) is 0. The zero-order valence-electron chi connectivity index (χ0n) is 8.66. The molecule has 0 saturated carbocycles. The first kappa shape index (κ1) is 10.1. The van der Waals surface area contributed by atoms with E-state index in [2.05, 4.69) is 26.0 Å². The highest BCUT2D eigenvalue weighted by molar-refractivity contribution is 7.99. The van der Waals surface area contributed by atoms with Crippen molar-refractivity contribution >= 4 is 11.8 Å². The van der Waals surface area contributed by atoms with Gasteiger partial charge >= 0.3 is 0 Å². The minimum absolute atomic E-state index is 0.356. The monoisotopic (exact) mass is 208 g/mol. The minimum Gasteiger partial charge on any atom is -0.384 e. The SMILES string of the molecule is Cc1cccc([C@@]2(O)CSC[C@@H]2C)c1. The Labute approximate surface area is 89.5 Å². The van der Waals surface area contributed by atoms with Crippen molar-refractivity contribution in [2.45, 2.75) is 19.4 Å². The third kappa shape index (κ3) is 1.57. The molecule has 1 nitrogen and oxygen atoms in total. The molecule has 2 atom stereocenters. The predicted octanol–water partition coefficient (Wildman–Crippen LogP) is 2.57. The summed E-state index contributed by atoms with van der Waals surface area (Å²) in [6, 6.07) is 8.23. The molecule has 1 aromatic rings. The Balaban J connectivity index is 2.38. The van der Waals surface area contributed by atoms with E-state index in [-0.39, 0.29) is 0 Å². The van der Waals surface area contributed by atoms with Gasteiger partial charge in [0.2, 0.25) is 0 Å². The molecule has 1 fully saturated rings. The lowest BCUT2D eigenvalue weighted by Crippen LogP contribution is -2.32. The average Bonchev–Trinajstić information content (AvgIpc) is 2.49. The van der Waals surface area contributed by atoms with Crippen molar-refractivity contribution in [2.75, 3.05) is 11.5 Å². The molecular formula is C12H16OS. The largest absolute Gasteiger partial charge is 0.384 e. The van der Waals surface area contributed by atoms with Crippen LogP contribution in [0.15, 0.2) is 24.3 Å². The van der Waals surface area contributed by atoms with Crippen molar-refractivity contribution < 1.29 is 5.11 Å². The fourth-order valence-electron chi connectivity index (χ4n) is 1.95. The number of hydrogen-bond acceptors (Lipinski definition) is 2. The first-order valence-electron chi connectivity index (χ1n) is 5.00. The average molecular weight is 208 g/mol. The third-order valence-corrected chi connectivity index (χ3v) is 4.40. The number of benzene rings is 1. The Morgan fingerprint density at radius 2 is 2.29 bits per heavy atom. The van der Waals surface area contributed by atoms with Crippen LogP contribution in [0.1, 0.15) is 18.1 Å². The van der Waals surface area contributed by atoms with Crippen molar-refractivity contribution in [3.63, 3.8) is 0 Å². The molecular weight excluding hydrogens is 192 g/mol. The molecule has 0 bridgehead atoms. The molecule has 0 aromatic heterocycles. The molecule has 0 unspecified atom stereocenters. The van der Waals surface area contributed by atoms with Crippen molar-refractivity contribution in [3.05, 3.63) is 35.4 Å². The van der Waals surface area contributed by atoms with Crippen LogP contribution in [0, 0.1) is 12.8 Å². The van der Waals surface area contributed by atoms with E-state index in [1.807, 2.05) is 23.9 Å². The Hall–Kier alpha value is -0.470. The summed E-state index contributed by atoms with van der Waals surface area (Å²) >= 11 is 1.84. The Morgan fingerprint density at radius 3 is 2.86 bits per heavy atom. The van der Waals surface area contributed by atoms with E-state index in [1.165, 1.54) is 5.56 Å². The zero-order valence-corrected chi connectivity index (χ0v) is 9.47. The predicted molar refractivity (Wildman–Crippen MR) is 61.6 cm³/mol. The van der Waals surface area contributed by atoms with Gasteiger partial charge in [-0.1, -0.05) is 36.8 Å². The van der Waals surface area contributed by atoms with Gasteiger partial charge in [0.1, 0.15) is 5.60 Å². The van der Waals surface area contributed by atoms with Crippen LogP contribution in [0.3, 0.4) is 0 Å². The van der Waals surface area contributed by atoms with Crippen molar-refractivity contribution in [3.8, 4) is 0 Å². The molecule has 1 aliphatic rings. The normalized spacial score (nSPS) is 32.1. The first-order valence-corrected chi connectivity index (χ1v) is 6.15. The molecule has 76 valence electrons. The van der Waals surface area contributed by atoms with Crippen LogP contribution >= 0.6 is 11.8 Å². The Morgan fingerprint density at radius 1 is 1.50 bits per heavy atom. The lowest BCUT2D eigenvalue weighted by Gasteiger charge is -2.27. The van der Waals surface area contributed by atoms with Gasteiger partial charge in [0.25, 0.3) is 0 Å². The van der Waals surface area contributed by atoms with Gasteiger partial charge in [-0.2, -0.15) is 11.8 Å². The number of thioether (sulfide) groups is 1. The number of aryl methyl sites for hydroxylation is 1. The van der Waals surface area contributed by atoms with Gasteiger partial charge in [0.05, 0.1) is 0 Å². The van der Waals surface area contributed by atoms with E-state index < -0.39 is 5.60 Å². The van der Waals surface area contributed by atoms with Crippen LogP contribution in [0.4, 0.5) is 0 Å². The van der Waals surface area contributed by atoms with Gasteiger partial charge in [-0.25, -0.2) is 0 Å². The number of hydrogen-bond donors (Lipinski definition) is 1. The smallest absolute Gasteiger partial charge is 0.102 e. The van der Waals surface area contributed by atoms with Crippen LogP contribution in [0.25, 0.3) is 0 Å². The second-order valence-electron chi connectivity index (χ2n) is 4.21. The molecule has 1 heterocycles. The van der Waals surface area contributed by atoms with E-state index in [9.17, 15) is 5.11 Å². The molecule has 0 spiro atoms. The second kappa shape index (κ2) is 3.59. The number of rotatable bonds is 1. The van der Waals surface area contributed by atoms with E-state index in [1.54, 1.807) is 0 Å². The molecule has 2 heteroatoms. The van der Waals surface area contributed by atoms with Gasteiger partial charge < -0.3 is 5.11 Å². The van der Waals surface area contributed by atoms with Gasteiger partial charge in [-0.15, -0.1) is 0 Å². The van der Waals surface area contributed by atoms with Crippen LogP contribution in [-0.2, 0) is 5.60 Å². The fraction of sp³-hybridized carbons (Fsp3) is 0.500. The van der Waals surface area contributed by atoms with Crippen molar-refractivity contribution in [2.24, 2.45) is 5.92 Å². The molecule has 1 saturated heterocycles. The summed E-state index contributed by atoms with van der Waals surface area (Å²) in [5.41, 5.74) is 1.70. The Bertz CT molecular complexity index is 337. The molecule has 1 aliphatic heterocycles.